The number of nitrogens with zero attached hydrogens (tertiary/aromatic N) is 2. The van der Waals surface area contributed by atoms with Crippen LogP contribution in [0.15, 0.2) is 17.1 Å². The van der Waals surface area contributed by atoms with E-state index in [9.17, 15) is 13.2 Å². The van der Waals surface area contributed by atoms with Crippen molar-refractivity contribution in [1.82, 2.24) is 14.6 Å². The first-order valence-electron chi connectivity index (χ1n) is 7.67. The molecule has 0 radical (unpaired) electrons. The highest BCUT2D eigenvalue weighted by Crippen LogP contribution is 2.36. The van der Waals surface area contributed by atoms with Crippen LogP contribution < -0.4 is 4.72 Å². The molecule has 128 valence electrons. The lowest BCUT2D eigenvalue weighted by Gasteiger charge is -2.38. The molecule has 9 heteroatoms. The van der Waals surface area contributed by atoms with Gasteiger partial charge in [0.05, 0.1) is 24.5 Å². The highest BCUT2D eigenvalue weighted by atomic mass is 32.2. The molecule has 1 N–H and O–H groups in total. The second-order valence-electron chi connectivity index (χ2n) is 6.29. The fraction of sp³-hybridized carbons (Fsp3) is 0.714. The van der Waals surface area contributed by atoms with Gasteiger partial charge < -0.3 is 14.1 Å². The van der Waals surface area contributed by atoms with Gasteiger partial charge in [-0.05, 0) is 25.7 Å². The van der Waals surface area contributed by atoms with Crippen LogP contribution in [0.5, 0.6) is 0 Å². The van der Waals surface area contributed by atoms with Crippen LogP contribution in [0, 0.1) is 0 Å². The molecular formula is C14H21N3O5S. The van der Waals surface area contributed by atoms with Gasteiger partial charge in [-0.3, -0.25) is 4.79 Å². The molecule has 1 aromatic rings. The summed E-state index contributed by atoms with van der Waals surface area (Å²) < 4.78 is 36.0. The van der Waals surface area contributed by atoms with Gasteiger partial charge in [0.15, 0.2) is 12.1 Å². The van der Waals surface area contributed by atoms with Crippen LogP contribution >= 0.6 is 0 Å². The SMILES string of the molecule is CS(=O)(=O)NC[C@@H]1CCC[C@@]2(CCN(C(=O)c3cocn3)C2)O1. The van der Waals surface area contributed by atoms with E-state index in [4.69, 9.17) is 9.15 Å². The number of hydrogen-bond acceptors (Lipinski definition) is 6. The van der Waals surface area contributed by atoms with Crippen molar-refractivity contribution in [3.05, 3.63) is 18.4 Å². The van der Waals surface area contributed by atoms with Gasteiger partial charge in [0.1, 0.15) is 6.26 Å². The molecule has 2 aliphatic heterocycles. The molecule has 0 saturated carbocycles. The Morgan fingerprint density at radius 2 is 2.35 bits per heavy atom. The second-order valence-corrected chi connectivity index (χ2v) is 8.12. The number of carbonyl (C=O) groups excluding carboxylic acids is 1. The van der Waals surface area contributed by atoms with Crippen molar-refractivity contribution in [2.24, 2.45) is 0 Å². The molecule has 2 saturated heterocycles. The van der Waals surface area contributed by atoms with E-state index in [1.807, 2.05) is 0 Å². The maximum absolute atomic E-state index is 12.3. The number of nitrogens with one attached hydrogen (secondary N) is 1. The van der Waals surface area contributed by atoms with Gasteiger partial charge in [0.25, 0.3) is 5.91 Å². The minimum absolute atomic E-state index is 0.152. The number of sulfonamides is 1. The topological polar surface area (TPSA) is 102 Å². The quantitative estimate of drug-likeness (QED) is 0.848. The highest BCUT2D eigenvalue weighted by molar-refractivity contribution is 7.88. The van der Waals surface area contributed by atoms with Gasteiger partial charge in [0.2, 0.25) is 10.0 Å². The summed E-state index contributed by atoms with van der Waals surface area (Å²) in [7, 11) is -3.23. The minimum atomic E-state index is -3.23. The molecule has 2 fully saturated rings. The third-order valence-electron chi connectivity index (χ3n) is 4.40. The first kappa shape index (κ1) is 16.4. The number of rotatable bonds is 4. The average Bonchev–Trinajstić information content (AvgIpc) is 3.14. The summed E-state index contributed by atoms with van der Waals surface area (Å²) in [5, 5.41) is 0. The van der Waals surface area contributed by atoms with Crippen LogP contribution in [0.2, 0.25) is 0 Å². The number of likely N-dealkylation sites (tertiary alicyclic amines) is 1. The summed E-state index contributed by atoms with van der Waals surface area (Å²) in [6.07, 6.45) is 6.98. The molecular weight excluding hydrogens is 322 g/mol. The molecule has 2 aliphatic rings. The number of hydrogen-bond donors (Lipinski definition) is 1. The smallest absolute Gasteiger partial charge is 0.275 e. The first-order valence-corrected chi connectivity index (χ1v) is 9.56. The van der Waals surface area contributed by atoms with Crippen LogP contribution in [0.25, 0.3) is 0 Å². The molecule has 0 aliphatic carbocycles. The van der Waals surface area contributed by atoms with E-state index in [1.54, 1.807) is 4.90 Å². The van der Waals surface area contributed by atoms with Crippen molar-refractivity contribution >= 4 is 15.9 Å². The van der Waals surface area contributed by atoms with Crippen LogP contribution in [-0.4, -0.2) is 61.8 Å². The lowest BCUT2D eigenvalue weighted by Crippen LogP contribution is -2.47. The number of aromatic nitrogens is 1. The molecule has 0 unspecified atom stereocenters. The third kappa shape index (κ3) is 3.91. The van der Waals surface area contributed by atoms with E-state index in [-0.39, 0.29) is 24.2 Å². The Hall–Kier alpha value is -1.45. The van der Waals surface area contributed by atoms with Crippen molar-refractivity contribution in [2.45, 2.75) is 37.4 Å². The van der Waals surface area contributed by atoms with Gasteiger partial charge in [-0.15, -0.1) is 0 Å². The van der Waals surface area contributed by atoms with E-state index in [1.165, 1.54) is 12.7 Å². The third-order valence-corrected chi connectivity index (χ3v) is 5.09. The van der Waals surface area contributed by atoms with Gasteiger partial charge >= 0.3 is 0 Å². The van der Waals surface area contributed by atoms with Crippen molar-refractivity contribution in [3.63, 3.8) is 0 Å². The summed E-state index contributed by atoms with van der Waals surface area (Å²) in [5.41, 5.74) is -0.0743. The van der Waals surface area contributed by atoms with E-state index in [0.29, 0.717) is 18.8 Å². The average molecular weight is 343 g/mol. The molecule has 1 amide bonds. The molecule has 23 heavy (non-hydrogen) atoms. The molecule has 8 nitrogen and oxygen atoms in total. The maximum atomic E-state index is 12.3. The van der Waals surface area contributed by atoms with Gasteiger partial charge in [-0.25, -0.2) is 18.1 Å². The van der Waals surface area contributed by atoms with Crippen LogP contribution in [0.3, 0.4) is 0 Å². The van der Waals surface area contributed by atoms with Gasteiger partial charge in [-0.1, -0.05) is 0 Å². The molecule has 1 spiro atoms. The summed E-state index contributed by atoms with van der Waals surface area (Å²) >= 11 is 0. The predicted molar refractivity (Wildman–Crippen MR) is 81.3 cm³/mol. The Morgan fingerprint density at radius 1 is 1.52 bits per heavy atom. The monoisotopic (exact) mass is 343 g/mol. The Kier molecular flexibility index (Phi) is 4.43. The van der Waals surface area contributed by atoms with Gasteiger partial charge in [0, 0.05) is 13.1 Å². The number of oxazole rings is 1. The summed E-state index contributed by atoms with van der Waals surface area (Å²) in [4.78, 5) is 17.9. The fourth-order valence-electron chi connectivity index (χ4n) is 3.31. The van der Waals surface area contributed by atoms with Crippen LogP contribution in [0.1, 0.15) is 36.2 Å². The van der Waals surface area contributed by atoms with E-state index in [0.717, 1.165) is 31.9 Å². The lowest BCUT2D eigenvalue weighted by molar-refractivity contribution is -0.116. The fourth-order valence-corrected chi connectivity index (χ4v) is 3.80. The number of ether oxygens (including phenoxy) is 1. The highest BCUT2D eigenvalue weighted by Gasteiger charge is 2.44. The standard InChI is InChI=1S/C14H21N3O5S/c1-23(19,20)16-7-11-3-2-4-14(22-11)5-6-17(9-14)13(18)12-8-21-10-15-12/h8,10-11,16H,2-7,9H2,1H3/t11-,14-/m0/s1. The Balaban J connectivity index is 1.61. The zero-order valence-corrected chi connectivity index (χ0v) is 13.8. The molecule has 3 heterocycles. The summed E-state index contributed by atoms with van der Waals surface area (Å²) in [5.74, 6) is -0.157. The molecule has 1 aromatic heterocycles. The lowest BCUT2D eigenvalue weighted by atomic mass is 9.90. The van der Waals surface area contributed by atoms with Crippen molar-refractivity contribution < 1.29 is 22.4 Å². The number of amides is 1. The second kappa shape index (κ2) is 6.21. The minimum Gasteiger partial charge on any atom is -0.451 e. The van der Waals surface area contributed by atoms with Crippen molar-refractivity contribution in [3.8, 4) is 0 Å². The maximum Gasteiger partial charge on any atom is 0.275 e. The molecule has 0 aromatic carbocycles. The largest absolute Gasteiger partial charge is 0.451 e. The zero-order valence-electron chi connectivity index (χ0n) is 13.0. The normalized spacial score (nSPS) is 28.4. The number of carbonyl (C=O) groups is 1. The Morgan fingerprint density at radius 3 is 3.04 bits per heavy atom. The van der Waals surface area contributed by atoms with Crippen molar-refractivity contribution in [2.75, 3.05) is 25.9 Å². The van der Waals surface area contributed by atoms with E-state index < -0.39 is 10.0 Å². The van der Waals surface area contributed by atoms with E-state index >= 15 is 0 Å². The van der Waals surface area contributed by atoms with E-state index in [2.05, 4.69) is 9.71 Å². The summed E-state index contributed by atoms with van der Waals surface area (Å²) in [6, 6.07) is 0. The zero-order chi connectivity index (χ0) is 16.5. The molecule has 0 bridgehead atoms. The Bertz CT molecular complexity index is 660. The molecule has 3 rings (SSSR count). The first-order chi connectivity index (χ1) is 10.9. The van der Waals surface area contributed by atoms with Crippen molar-refractivity contribution in [1.29, 1.82) is 0 Å². The van der Waals surface area contributed by atoms with Crippen LogP contribution in [-0.2, 0) is 14.8 Å². The summed E-state index contributed by atoms with van der Waals surface area (Å²) in [6.45, 7) is 1.39. The predicted octanol–water partition coefficient (Wildman–Crippen LogP) is 0.378. The molecule has 2 atom stereocenters. The van der Waals surface area contributed by atoms with Crippen LogP contribution in [0.4, 0.5) is 0 Å². The Labute approximate surface area is 135 Å². The van der Waals surface area contributed by atoms with Gasteiger partial charge in [-0.2, -0.15) is 0 Å².